The third-order valence-electron chi connectivity index (χ3n) is 5.62. The zero-order valence-corrected chi connectivity index (χ0v) is 19.3. The largest absolute Gasteiger partial charge is 0.493 e. The smallest absolute Gasteiger partial charge is 0.248 e. The van der Waals surface area contributed by atoms with Gasteiger partial charge in [-0.2, -0.15) is 0 Å². The normalized spacial score (nSPS) is 19.5. The minimum atomic E-state index is -0.750. The summed E-state index contributed by atoms with van der Waals surface area (Å²) in [6.45, 7) is 5.87. The molecule has 32 heavy (non-hydrogen) atoms. The minimum absolute atomic E-state index is 0.0979. The highest BCUT2D eigenvalue weighted by Crippen LogP contribution is 2.36. The van der Waals surface area contributed by atoms with Crippen molar-refractivity contribution < 1.29 is 24.2 Å². The van der Waals surface area contributed by atoms with Gasteiger partial charge in [-0.3, -0.25) is 9.59 Å². The van der Waals surface area contributed by atoms with E-state index in [1.165, 1.54) is 16.6 Å². The Morgan fingerprint density at radius 2 is 1.91 bits per heavy atom. The first kappa shape index (κ1) is 23.5. The number of carbonyl (C=O) groups is 2. The summed E-state index contributed by atoms with van der Waals surface area (Å²) in [6, 6.07) is 3.96. The van der Waals surface area contributed by atoms with Crippen LogP contribution in [0, 0.1) is 5.41 Å². The van der Waals surface area contributed by atoms with Crippen molar-refractivity contribution in [1.29, 1.82) is 0 Å². The van der Waals surface area contributed by atoms with E-state index in [1.54, 1.807) is 32.5 Å². The molecule has 1 aliphatic rings. The zero-order valence-electron chi connectivity index (χ0n) is 19.3. The number of β-amino-alcohol motifs (C(OH)–C–C–N with tert-alkyl or cyclic N) is 1. The number of rotatable bonds is 6. The van der Waals surface area contributed by atoms with Crippen molar-refractivity contribution in [3.63, 3.8) is 0 Å². The molecule has 3 atom stereocenters. The van der Waals surface area contributed by atoms with E-state index in [2.05, 4.69) is 15.6 Å². The van der Waals surface area contributed by atoms with Gasteiger partial charge in [0.2, 0.25) is 11.8 Å². The average molecular weight is 446 g/mol. The average Bonchev–Trinajstić information content (AvgIpc) is 3.38. The number of benzene rings is 1. The maximum Gasteiger partial charge on any atom is 0.248 e. The molecule has 0 spiro atoms. The molecule has 0 aliphatic carbocycles. The molecule has 0 unspecified atom stereocenters. The first-order valence-electron chi connectivity index (χ1n) is 10.4. The molecule has 1 fully saturated rings. The number of carbonyl (C=O) groups excluding carboxylic acids is 2. The predicted molar refractivity (Wildman–Crippen MR) is 117 cm³/mol. The van der Waals surface area contributed by atoms with E-state index < -0.39 is 23.6 Å². The van der Waals surface area contributed by atoms with Crippen LogP contribution in [-0.2, 0) is 9.59 Å². The van der Waals surface area contributed by atoms with E-state index in [0.29, 0.717) is 17.2 Å². The van der Waals surface area contributed by atoms with Gasteiger partial charge in [0.25, 0.3) is 0 Å². The first-order valence-corrected chi connectivity index (χ1v) is 10.4. The quantitative estimate of drug-likeness (QED) is 0.687. The molecule has 10 heteroatoms. The summed E-state index contributed by atoms with van der Waals surface area (Å²) in [5.74, 6) is 0.570. The van der Waals surface area contributed by atoms with E-state index >= 15 is 0 Å². The monoisotopic (exact) mass is 445 g/mol. The lowest BCUT2D eigenvalue weighted by Crippen LogP contribution is -2.49. The molecule has 1 aromatic carbocycles. The number of aliphatic hydroxyl groups is 1. The van der Waals surface area contributed by atoms with Crippen LogP contribution in [0.3, 0.4) is 0 Å². The molecule has 2 amide bonds. The second-order valence-corrected chi connectivity index (χ2v) is 8.93. The van der Waals surface area contributed by atoms with Crippen molar-refractivity contribution in [2.75, 3.05) is 27.8 Å². The molecule has 1 saturated heterocycles. The molecule has 10 nitrogen and oxygen atoms in total. The van der Waals surface area contributed by atoms with E-state index in [9.17, 15) is 14.7 Å². The number of hydrogen-bond acceptors (Lipinski definition) is 7. The van der Waals surface area contributed by atoms with Gasteiger partial charge in [0, 0.05) is 25.6 Å². The van der Waals surface area contributed by atoms with Crippen LogP contribution in [0.4, 0.5) is 0 Å². The van der Waals surface area contributed by atoms with Gasteiger partial charge in [-0.25, -0.2) is 4.68 Å². The number of aromatic nitrogens is 3. The number of hydrogen-bond donors (Lipinski definition) is 2. The van der Waals surface area contributed by atoms with Crippen LogP contribution in [0.5, 0.6) is 11.5 Å². The second-order valence-electron chi connectivity index (χ2n) is 8.93. The van der Waals surface area contributed by atoms with Crippen molar-refractivity contribution >= 4 is 11.8 Å². The summed E-state index contributed by atoms with van der Waals surface area (Å²) in [5, 5.41) is 21.2. The lowest BCUT2D eigenvalue weighted by atomic mass is 9.85. The Balaban J connectivity index is 1.96. The minimum Gasteiger partial charge on any atom is -0.493 e. The number of likely N-dealkylation sites (tertiary alicyclic amines) is 1. The van der Waals surface area contributed by atoms with Gasteiger partial charge in [0.05, 0.1) is 26.5 Å². The van der Waals surface area contributed by atoms with E-state index in [-0.39, 0.29) is 24.8 Å². The summed E-state index contributed by atoms with van der Waals surface area (Å²) in [5.41, 5.74) is 0.798. The van der Waals surface area contributed by atoms with Gasteiger partial charge in [0.15, 0.2) is 11.5 Å². The third kappa shape index (κ3) is 4.55. The fourth-order valence-electron chi connectivity index (χ4n) is 4.04. The van der Waals surface area contributed by atoms with Crippen LogP contribution in [-0.4, -0.2) is 76.8 Å². The van der Waals surface area contributed by atoms with Crippen molar-refractivity contribution in [2.24, 2.45) is 5.41 Å². The highest BCUT2D eigenvalue weighted by Gasteiger charge is 2.45. The van der Waals surface area contributed by atoms with Crippen LogP contribution in [0.2, 0.25) is 0 Å². The molecular formula is C22H31N5O5. The van der Waals surface area contributed by atoms with Crippen LogP contribution in [0.1, 0.15) is 33.2 Å². The fraction of sp³-hybridized carbons (Fsp3) is 0.545. The van der Waals surface area contributed by atoms with Crippen molar-refractivity contribution in [1.82, 2.24) is 25.2 Å². The summed E-state index contributed by atoms with van der Waals surface area (Å²) < 4.78 is 12.2. The number of nitrogens with zero attached hydrogens (tertiary/aromatic N) is 4. The number of likely N-dealkylation sites (N-methyl/N-ethyl adjacent to an activating group) is 1. The Kier molecular flexibility index (Phi) is 6.73. The predicted octanol–water partition coefficient (Wildman–Crippen LogP) is 1.26. The summed E-state index contributed by atoms with van der Waals surface area (Å²) in [6.07, 6.45) is 1.16. The Hall–Kier alpha value is -3.14. The van der Waals surface area contributed by atoms with Gasteiger partial charge >= 0.3 is 0 Å². The Bertz CT molecular complexity index is 983. The summed E-state index contributed by atoms with van der Waals surface area (Å²) in [7, 11) is 4.64. The van der Waals surface area contributed by atoms with E-state index in [0.717, 1.165) is 5.56 Å². The number of ether oxygens (including phenoxy) is 2. The van der Waals surface area contributed by atoms with Crippen LogP contribution in [0.25, 0.3) is 11.3 Å². The van der Waals surface area contributed by atoms with Gasteiger partial charge in [-0.05, 0) is 23.6 Å². The van der Waals surface area contributed by atoms with E-state index in [4.69, 9.17) is 9.47 Å². The molecule has 174 valence electrons. The fourth-order valence-corrected chi connectivity index (χ4v) is 4.04. The van der Waals surface area contributed by atoms with Crippen LogP contribution < -0.4 is 14.8 Å². The zero-order chi connectivity index (χ0) is 23.6. The molecule has 0 saturated carbocycles. The molecule has 2 heterocycles. The molecule has 1 aromatic heterocycles. The molecule has 1 aliphatic heterocycles. The Labute approximate surface area is 187 Å². The molecule has 2 aromatic rings. The third-order valence-corrected chi connectivity index (χ3v) is 5.62. The number of nitrogens with one attached hydrogen (secondary N) is 1. The van der Waals surface area contributed by atoms with Crippen molar-refractivity contribution in [3.8, 4) is 22.8 Å². The lowest BCUT2D eigenvalue weighted by molar-refractivity contribution is -0.144. The Morgan fingerprint density at radius 1 is 1.22 bits per heavy atom. The molecule has 3 rings (SSSR count). The topological polar surface area (TPSA) is 119 Å². The van der Waals surface area contributed by atoms with Gasteiger partial charge in [-0.1, -0.05) is 26.0 Å². The van der Waals surface area contributed by atoms with Crippen molar-refractivity contribution in [2.45, 2.75) is 45.4 Å². The first-order chi connectivity index (χ1) is 15.1. The lowest BCUT2D eigenvalue weighted by Gasteiger charge is -2.34. The number of methoxy groups -OCH3 is 2. The van der Waals surface area contributed by atoms with E-state index in [1.807, 2.05) is 26.8 Å². The molecule has 2 N–H and O–H groups in total. The summed E-state index contributed by atoms with van der Waals surface area (Å²) >= 11 is 0. The summed E-state index contributed by atoms with van der Waals surface area (Å²) in [4.78, 5) is 27.4. The van der Waals surface area contributed by atoms with Gasteiger partial charge < -0.3 is 24.8 Å². The number of amides is 2. The maximum atomic E-state index is 13.6. The second kappa shape index (κ2) is 9.15. The number of aliphatic hydroxyl groups excluding tert-OH is 1. The van der Waals surface area contributed by atoms with Crippen LogP contribution in [0.15, 0.2) is 24.4 Å². The van der Waals surface area contributed by atoms with Crippen LogP contribution >= 0.6 is 0 Å². The highest BCUT2D eigenvalue weighted by atomic mass is 16.5. The Morgan fingerprint density at radius 3 is 2.50 bits per heavy atom. The molecule has 0 bridgehead atoms. The molecular weight excluding hydrogens is 414 g/mol. The van der Waals surface area contributed by atoms with Gasteiger partial charge in [0.1, 0.15) is 17.8 Å². The van der Waals surface area contributed by atoms with Crippen molar-refractivity contribution in [3.05, 3.63) is 24.4 Å². The molecule has 0 radical (unpaired) electrons. The standard InChI is InChI=1S/C22H31N5O5/c1-22(2,3)19(21(30)26-11-14(28)10-16(26)20(29)23-4)27-12-15(24-25-27)13-7-8-17(31-5)18(9-13)32-6/h7-9,12,14,16,19,28H,10-11H2,1-6H3,(H,23,29)/t14-,16+,19-/m1/s1. The highest BCUT2D eigenvalue weighted by molar-refractivity contribution is 5.90. The SMILES string of the molecule is CNC(=O)[C@@H]1C[C@@H](O)CN1C(=O)[C@@H](n1cc(-c2ccc(OC)c(OC)c2)nn1)C(C)(C)C. The maximum absolute atomic E-state index is 13.6. The van der Waals surface area contributed by atoms with Gasteiger partial charge in [-0.15, -0.1) is 5.10 Å².